The van der Waals surface area contributed by atoms with Gasteiger partial charge in [0.15, 0.2) is 5.78 Å². The quantitative estimate of drug-likeness (QED) is 0.857. The summed E-state index contributed by atoms with van der Waals surface area (Å²) < 4.78 is 0. The predicted octanol–water partition coefficient (Wildman–Crippen LogP) is 4.87. The van der Waals surface area contributed by atoms with Crippen LogP contribution in [0.15, 0.2) is 30.3 Å². The molecule has 0 radical (unpaired) electrons. The van der Waals surface area contributed by atoms with E-state index in [1.54, 1.807) is 0 Å². The molecule has 0 unspecified atom stereocenters. The maximum Gasteiger partial charge on any atom is 0.155 e. The number of rotatable bonds is 4. The standard InChI is InChI=1S/C17H27NO.2CH4/c1-16(2,3)15(19)14(18-17(4,5)6)12-13-10-8-7-9-11-13;;/h7-11,14,18H,12H2,1-6H3;2*1H4/t14-;;/m1../s1. The number of Topliss-reactive ketones (excluding diaryl/α,β-unsaturated/α-hetero) is 1. The van der Waals surface area contributed by atoms with Gasteiger partial charge in [-0.15, -0.1) is 0 Å². The number of carbonyl (C=O) groups is 1. The monoisotopic (exact) mass is 293 g/mol. The van der Waals surface area contributed by atoms with Gasteiger partial charge in [-0.25, -0.2) is 0 Å². The Balaban J connectivity index is 0. The van der Waals surface area contributed by atoms with E-state index in [4.69, 9.17) is 0 Å². The van der Waals surface area contributed by atoms with Crippen molar-refractivity contribution in [1.82, 2.24) is 5.32 Å². The maximum atomic E-state index is 12.6. The third-order valence-corrected chi connectivity index (χ3v) is 2.95. The Labute approximate surface area is 132 Å². The number of carbonyl (C=O) groups excluding carboxylic acids is 1. The summed E-state index contributed by atoms with van der Waals surface area (Å²) in [7, 11) is 0. The second-order valence-corrected chi connectivity index (χ2v) is 7.25. The fraction of sp³-hybridized carbons (Fsp3) is 0.632. The lowest BCUT2D eigenvalue weighted by Gasteiger charge is -2.32. The first-order valence-electron chi connectivity index (χ1n) is 6.95. The van der Waals surface area contributed by atoms with Gasteiger partial charge in [0.1, 0.15) is 0 Å². The van der Waals surface area contributed by atoms with Gasteiger partial charge in [-0.2, -0.15) is 0 Å². The lowest BCUT2D eigenvalue weighted by atomic mass is 9.83. The van der Waals surface area contributed by atoms with Gasteiger partial charge in [-0.05, 0) is 32.8 Å². The van der Waals surface area contributed by atoms with Gasteiger partial charge in [-0.3, -0.25) is 4.79 Å². The minimum atomic E-state index is -0.322. The van der Waals surface area contributed by atoms with E-state index in [0.717, 1.165) is 6.42 Å². The van der Waals surface area contributed by atoms with Crippen LogP contribution in [0.5, 0.6) is 0 Å². The Morgan fingerprint density at radius 2 is 1.48 bits per heavy atom. The second-order valence-electron chi connectivity index (χ2n) is 7.25. The van der Waals surface area contributed by atoms with Crippen molar-refractivity contribution in [3.63, 3.8) is 0 Å². The van der Waals surface area contributed by atoms with Gasteiger partial charge in [0.2, 0.25) is 0 Å². The number of hydrogen-bond donors (Lipinski definition) is 1. The van der Waals surface area contributed by atoms with Crippen LogP contribution in [0.1, 0.15) is 62.0 Å². The number of ketones is 1. The molecule has 0 aromatic heterocycles. The van der Waals surface area contributed by atoms with Crippen LogP contribution in [-0.4, -0.2) is 17.4 Å². The maximum absolute atomic E-state index is 12.6. The number of hydrogen-bond acceptors (Lipinski definition) is 2. The molecule has 0 fully saturated rings. The highest BCUT2D eigenvalue weighted by molar-refractivity contribution is 5.89. The summed E-state index contributed by atoms with van der Waals surface area (Å²) in [5.41, 5.74) is 0.805. The van der Waals surface area contributed by atoms with Crippen LogP contribution in [-0.2, 0) is 11.2 Å². The molecular formula is C19H35NO. The average molecular weight is 293 g/mol. The molecule has 1 aromatic carbocycles. The number of nitrogens with one attached hydrogen (secondary N) is 1. The van der Waals surface area contributed by atoms with Crippen LogP contribution in [0.4, 0.5) is 0 Å². The molecule has 1 aromatic rings. The molecule has 122 valence electrons. The molecule has 0 aliphatic rings. The normalized spacial score (nSPS) is 12.9. The van der Waals surface area contributed by atoms with Crippen molar-refractivity contribution >= 4 is 5.78 Å². The van der Waals surface area contributed by atoms with Crippen LogP contribution in [0.2, 0.25) is 0 Å². The molecule has 0 amide bonds. The zero-order chi connectivity index (χ0) is 14.7. The molecule has 0 saturated heterocycles. The van der Waals surface area contributed by atoms with Crippen molar-refractivity contribution in [3.8, 4) is 0 Å². The molecule has 0 aliphatic heterocycles. The topological polar surface area (TPSA) is 29.1 Å². The Morgan fingerprint density at radius 1 is 1.00 bits per heavy atom. The van der Waals surface area contributed by atoms with Crippen molar-refractivity contribution in [3.05, 3.63) is 35.9 Å². The highest BCUT2D eigenvalue weighted by Gasteiger charge is 2.31. The summed E-state index contributed by atoms with van der Waals surface area (Å²) in [6.45, 7) is 12.2. The van der Waals surface area contributed by atoms with Crippen molar-refractivity contribution < 1.29 is 4.79 Å². The van der Waals surface area contributed by atoms with E-state index in [-0.39, 0.29) is 37.6 Å². The first-order chi connectivity index (χ1) is 8.59. The van der Waals surface area contributed by atoms with Gasteiger partial charge in [0.05, 0.1) is 6.04 Å². The average Bonchev–Trinajstić information content (AvgIpc) is 2.25. The Morgan fingerprint density at radius 3 is 1.86 bits per heavy atom. The summed E-state index contributed by atoms with van der Waals surface area (Å²) in [6.07, 6.45) is 0.744. The zero-order valence-corrected chi connectivity index (χ0v) is 13.1. The van der Waals surface area contributed by atoms with E-state index in [1.165, 1.54) is 5.56 Å². The molecule has 0 bridgehead atoms. The summed E-state index contributed by atoms with van der Waals surface area (Å²) in [6, 6.07) is 10.1. The highest BCUT2D eigenvalue weighted by atomic mass is 16.1. The second kappa shape index (κ2) is 8.33. The van der Waals surface area contributed by atoms with Gasteiger partial charge in [-0.1, -0.05) is 66.0 Å². The molecule has 2 heteroatoms. The number of benzene rings is 1. The largest absolute Gasteiger partial charge is 0.302 e. The molecular weight excluding hydrogens is 258 g/mol. The van der Waals surface area contributed by atoms with E-state index in [2.05, 4.69) is 38.2 Å². The van der Waals surface area contributed by atoms with E-state index < -0.39 is 0 Å². The molecule has 21 heavy (non-hydrogen) atoms. The van der Waals surface area contributed by atoms with Crippen LogP contribution >= 0.6 is 0 Å². The Hall–Kier alpha value is -1.15. The molecule has 0 aliphatic carbocycles. The van der Waals surface area contributed by atoms with E-state index in [0.29, 0.717) is 0 Å². The molecule has 0 saturated carbocycles. The molecule has 0 spiro atoms. The minimum absolute atomic E-state index is 0. The lowest BCUT2D eigenvalue weighted by molar-refractivity contribution is -0.128. The molecule has 0 heterocycles. The van der Waals surface area contributed by atoms with Crippen LogP contribution in [0.3, 0.4) is 0 Å². The molecule has 1 rings (SSSR count). The predicted molar refractivity (Wildman–Crippen MR) is 94.7 cm³/mol. The molecule has 1 atom stereocenters. The smallest absolute Gasteiger partial charge is 0.155 e. The summed E-state index contributed by atoms with van der Waals surface area (Å²) in [4.78, 5) is 12.6. The zero-order valence-electron chi connectivity index (χ0n) is 13.1. The highest BCUT2D eigenvalue weighted by Crippen LogP contribution is 2.20. The van der Waals surface area contributed by atoms with Crippen molar-refractivity contribution in [2.24, 2.45) is 5.41 Å². The van der Waals surface area contributed by atoms with E-state index >= 15 is 0 Å². The van der Waals surface area contributed by atoms with Crippen molar-refractivity contribution in [1.29, 1.82) is 0 Å². The Bertz CT molecular complexity index is 409. The van der Waals surface area contributed by atoms with Crippen LogP contribution < -0.4 is 5.32 Å². The molecule has 1 N–H and O–H groups in total. The van der Waals surface area contributed by atoms with Crippen LogP contribution in [0.25, 0.3) is 0 Å². The van der Waals surface area contributed by atoms with Crippen LogP contribution in [0, 0.1) is 5.41 Å². The first-order valence-corrected chi connectivity index (χ1v) is 6.95. The SMILES string of the molecule is C.C.CC(C)(C)N[C@H](Cc1ccccc1)C(=O)C(C)(C)C. The summed E-state index contributed by atoms with van der Waals surface area (Å²) >= 11 is 0. The van der Waals surface area contributed by atoms with E-state index in [1.807, 2.05) is 39.0 Å². The van der Waals surface area contributed by atoms with Gasteiger partial charge >= 0.3 is 0 Å². The van der Waals surface area contributed by atoms with Gasteiger partial charge in [0, 0.05) is 11.0 Å². The fourth-order valence-corrected chi connectivity index (χ4v) is 2.10. The minimum Gasteiger partial charge on any atom is -0.302 e. The third kappa shape index (κ3) is 8.01. The first kappa shape index (κ1) is 22.1. The van der Waals surface area contributed by atoms with Gasteiger partial charge in [0.25, 0.3) is 0 Å². The summed E-state index contributed by atoms with van der Waals surface area (Å²) in [5, 5.41) is 3.46. The van der Waals surface area contributed by atoms with Gasteiger partial charge < -0.3 is 5.32 Å². The van der Waals surface area contributed by atoms with E-state index in [9.17, 15) is 4.79 Å². The molecule has 2 nitrogen and oxygen atoms in total. The van der Waals surface area contributed by atoms with Crippen molar-refractivity contribution in [2.75, 3.05) is 0 Å². The third-order valence-electron chi connectivity index (χ3n) is 2.95. The lowest BCUT2D eigenvalue weighted by Crippen LogP contribution is -2.51. The fourth-order valence-electron chi connectivity index (χ4n) is 2.10. The summed E-state index contributed by atoms with van der Waals surface area (Å²) in [5.74, 6) is 0.270. The Kier molecular flexibility index (Phi) is 8.78. The van der Waals surface area contributed by atoms with Crippen molar-refractivity contribution in [2.45, 2.75) is 74.4 Å².